The Morgan fingerprint density at radius 2 is 2.19 bits per heavy atom. The van der Waals surface area contributed by atoms with Crippen LogP contribution in [0.25, 0.3) is 0 Å². The van der Waals surface area contributed by atoms with Gasteiger partial charge in [-0.3, -0.25) is 0 Å². The average Bonchev–Trinajstić information content (AvgIpc) is 3.16. The first kappa shape index (κ1) is 22.4. The number of guanidine groups is 1. The van der Waals surface area contributed by atoms with E-state index in [2.05, 4.69) is 30.4 Å². The molecule has 0 radical (unpaired) electrons. The summed E-state index contributed by atoms with van der Waals surface area (Å²) in [5, 5.41) is 25.3. The molecule has 3 N–H and O–H groups in total. The van der Waals surface area contributed by atoms with Gasteiger partial charge in [-0.1, -0.05) is 18.0 Å². The van der Waals surface area contributed by atoms with Crippen LogP contribution in [0.3, 0.4) is 0 Å². The summed E-state index contributed by atoms with van der Waals surface area (Å²) in [5.41, 5.74) is 0. The molecule has 2 aromatic rings. The van der Waals surface area contributed by atoms with Crippen molar-refractivity contribution in [3.05, 3.63) is 33.0 Å². The Kier molecular flexibility index (Phi) is 9.27. The van der Waals surface area contributed by atoms with E-state index in [1.54, 1.807) is 6.07 Å². The fourth-order valence-corrected chi connectivity index (χ4v) is 4.00. The lowest BCUT2D eigenvalue weighted by Crippen LogP contribution is -2.39. The maximum Gasteiger partial charge on any atom is 0.191 e. The first-order valence-electron chi connectivity index (χ1n) is 9.03. The van der Waals surface area contributed by atoms with E-state index in [4.69, 9.17) is 11.6 Å². The van der Waals surface area contributed by atoms with Crippen LogP contribution in [0, 0.1) is 0 Å². The number of aliphatic imine (C=N–C) groups is 1. The van der Waals surface area contributed by atoms with Crippen molar-refractivity contribution in [3.63, 3.8) is 0 Å². The van der Waals surface area contributed by atoms with Crippen molar-refractivity contribution >= 4 is 52.9 Å². The van der Waals surface area contributed by atoms with Gasteiger partial charge in [0, 0.05) is 30.9 Å². The molecular weight excluding hydrogens is 499 g/mol. The van der Waals surface area contributed by atoms with Gasteiger partial charge in [0.2, 0.25) is 0 Å². The Morgan fingerprint density at radius 3 is 2.93 bits per heavy atom. The fourth-order valence-electron chi connectivity index (χ4n) is 2.96. The van der Waals surface area contributed by atoms with Gasteiger partial charge in [-0.25, -0.2) is 4.99 Å². The minimum Gasteiger partial charge on any atom is -0.386 e. The van der Waals surface area contributed by atoms with Crippen LogP contribution in [-0.4, -0.2) is 38.9 Å². The summed E-state index contributed by atoms with van der Waals surface area (Å²) >= 11 is 7.31. The van der Waals surface area contributed by atoms with E-state index in [9.17, 15) is 5.11 Å². The highest BCUT2D eigenvalue weighted by atomic mass is 127. The Balaban J connectivity index is 0.00000261. The van der Waals surface area contributed by atoms with Crippen LogP contribution in [0.1, 0.15) is 48.8 Å². The van der Waals surface area contributed by atoms with Gasteiger partial charge in [0.25, 0.3) is 0 Å². The van der Waals surface area contributed by atoms with Crippen molar-refractivity contribution in [1.29, 1.82) is 0 Å². The largest absolute Gasteiger partial charge is 0.386 e. The number of hydrogen-bond donors (Lipinski definition) is 3. The standard InChI is InChI=1S/C17H25ClN6OS.HI/c1-2-19-17(20-10-12(25)13-7-8-14(18)26-13)21-11-16-23-22-15-6-4-3-5-9-24(15)16;/h7-8,12,25H,2-6,9-11H2,1H3,(H2,19,20,21);1H. The molecule has 2 aromatic heterocycles. The summed E-state index contributed by atoms with van der Waals surface area (Å²) in [4.78, 5) is 5.44. The van der Waals surface area contributed by atoms with E-state index in [1.165, 1.54) is 24.2 Å². The monoisotopic (exact) mass is 524 g/mol. The highest BCUT2D eigenvalue weighted by Crippen LogP contribution is 2.26. The van der Waals surface area contributed by atoms with E-state index >= 15 is 0 Å². The number of rotatable bonds is 6. The summed E-state index contributed by atoms with van der Waals surface area (Å²) in [6, 6.07) is 3.63. The molecule has 0 aliphatic carbocycles. The van der Waals surface area contributed by atoms with Gasteiger partial charge in [-0.2, -0.15) is 0 Å². The zero-order valence-corrected chi connectivity index (χ0v) is 19.2. The predicted octanol–water partition coefficient (Wildman–Crippen LogP) is 3.13. The molecule has 0 fully saturated rings. The molecule has 150 valence electrons. The lowest BCUT2D eigenvalue weighted by molar-refractivity contribution is 0.184. The highest BCUT2D eigenvalue weighted by Gasteiger charge is 2.15. The summed E-state index contributed by atoms with van der Waals surface area (Å²) in [6.45, 7) is 4.54. The first-order chi connectivity index (χ1) is 12.7. The lowest BCUT2D eigenvalue weighted by Gasteiger charge is -2.14. The zero-order chi connectivity index (χ0) is 18.4. The second-order valence-electron chi connectivity index (χ2n) is 6.23. The molecule has 1 aliphatic rings. The van der Waals surface area contributed by atoms with Gasteiger partial charge in [0.15, 0.2) is 11.8 Å². The number of aromatic nitrogens is 3. The molecule has 0 spiro atoms. The fraction of sp³-hybridized carbons (Fsp3) is 0.588. The summed E-state index contributed by atoms with van der Waals surface area (Å²) in [6.07, 6.45) is 3.94. The average molecular weight is 525 g/mol. The van der Waals surface area contributed by atoms with Crippen LogP contribution < -0.4 is 10.6 Å². The van der Waals surface area contributed by atoms with Crippen LogP contribution in [0.4, 0.5) is 0 Å². The summed E-state index contributed by atoms with van der Waals surface area (Å²) < 4.78 is 2.87. The second-order valence-corrected chi connectivity index (χ2v) is 7.98. The van der Waals surface area contributed by atoms with Gasteiger partial charge in [0.05, 0.1) is 4.34 Å². The van der Waals surface area contributed by atoms with E-state index < -0.39 is 6.10 Å². The van der Waals surface area contributed by atoms with Crippen molar-refractivity contribution < 1.29 is 5.11 Å². The number of nitrogens with one attached hydrogen (secondary N) is 2. The third kappa shape index (κ3) is 6.30. The summed E-state index contributed by atoms with van der Waals surface area (Å²) in [5.74, 6) is 2.61. The molecular formula is C17H26ClIN6OS. The SMILES string of the molecule is CCNC(=NCc1nnc2n1CCCCC2)NCC(O)c1ccc(Cl)s1.I. The van der Waals surface area contributed by atoms with Gasteiger partial charge < -0.3 is 20.3 Å². The molecule has 7 nitrogen and oxygen atoms in total. The number of halogens is 2. The molecule has 0 aromatic carbocycles. The van der Waals surface area contributed by atoms with Crippen LogP contribution >= 0.6 is 46.9 Å². The van der Waals surface area contributed by atoms with Crippen LogP contribution in [0.5, 0.6) is 0 Å². The first-order valence-corrected chi connectivity index (χ1v) is 10.2. The van der Waals surface area contributed by atoms with Gasteiger partial charge in [0.1, 0.15) is 18.5 Å². The topological polar surface area (TPSA) is 87.4 Å². The summed E-state index contributed by atoms with van der Waals surface area (Å²) in [7, 11) is 0. The molecule has 1 aliphatic heterocycles. The molecule has 0 saturated carbocycles. The van der Waals surface area contributed by atoms with Crippen molar-refractivity contribution in [1.82, 2.24) is 25.4 Å². The highest BCUT2D eigenvalue weighted by molar-refractivity contribution is 14.0. The molecule has 3 rings (SSSR count). The van der Waals surface area contributed by atoms with Gasteiger partial charge >= 0.3 is 0 Å². The van der Waals surface area contributed by atoms with Gasteiger partial charge in [-0.15, -0.1) is 45.5 Å². The Bertz CT molecular complexity index is 750. The number of hydrogen-bond acceptors (Lipinski definition) is 5. The normalized spacial score (nSPS) is 15.4. The molecule has 0 amide bonds. The number of nitrogens with zero attached hydrogens (tertiary/aromatic N) is 4. The van der Waals surface area contributed by atoms with Crippen molar-refractivity contribution in [2.45, 2.75) is 51.8 Å². The number of aryl methyl sites for hydroxylation is 1. The van der Waals surface area contributed by atoms with Crippen molar-refractivity contribution in [2.24, 2.45) is 4.99 Å². The maximum absolute atomic E-state index is 10.3. The Labute approximate surface area is 185 Å². The molecule has 10 heteroatoms. The molecule has 0 bridgehead atoms. The predicted molar refractivity (Wildman–Crippen MR) is 120 cm³/mol. The van der Waals surface area contributed by atoms with E-state index in [1.807, 2.05) is 13.0 Å². The van der Waals surface area contributed by atoms with Crippen LogP contribution in [0.15, 0.2) is 17.1 Å². The number of fused-ring (bicyclic) bond motifs is 1. The minimum absolute atomic E-state index is 0. The number of aliphatic hydroxyl groups excluding tert-OH is 1. The minimum atomic E-state index is -0.624. The molecule has 1 unspecified atom stereocenters. The van der Waals surface area contributed by atoms with Gasteiger partial charge in [-0.05, 0) is 31.9 Å². The Morgan fingerprint density at radius 1 is 1.33 bits per heavy atom. The number of aliphatic hydroxyl groups is 1. The van der Waals surface area contributed by atoms with Crippen molar-refractivity contribution in [2.75, 3.05) is 13.1 Å². The van der Waals surface area contributed by atoms with Crippen molar-refractivity contribution in [3.8, 4) is 0 Å². The molecule has 1 atom stereocenters. The van der Waals surface area contributed by atoms with Crippen LogP contribution in [-0.2, 0) is 19.5 Å². The second kappa shape index (κ2) is 11.2. The molecule has 0 saturated heterocycles. The molecule has 27 heavy (non-hydrogen) atoms. The zero-order valence-electron chi connectivity index (χ0n) is 15.3. The third-order valence-electron chi connectivity index (χ3n) is 4.29. The maximum atomic E-state index is 10.3. The van der Waals surface area contributed by atoms with E-state index in [0.29, 0.717) is 23.4 Å². The third-order valence-corrected chi connectivity index (χ3v) is 5.63. The smallest absolute Gasteiger partial charge is 0.191 e. The number of thiophene rings is 1. The lowest BCUT2D eigenvalue weighted by atomic mass is 10.2. The van der Waals surface area contributed by atoms with E-state index in [-0.39, 0.29) is 24.0 Å². The van der Waals surface area contributed by atoms with Crippen LogP contribution in [0.2, 0.25) is 4.34 Å². The molecule has 3 heterocycles. The Hall–Kier alpha value is -0.910. The quantitative estimate of drug-likeness (QED) is 0.307. The van der Waals surface area contributed by atoms with E-state index in [0.717, 1.165) is 42.5 Å².